The summed E-state index contributed by atoms with van der Waals surface area (Å²) in [7, 11) is 0. The summed E-state index contributed by atoms with van der Waals surface area (Å²) in [5, 5.41) is 4.68. The second kappa shape index (κ2) is 6.98. The highest BCUT2D eigenvalue weighted by Gasteiger charge is 2.26. The molecule has 1 aromatic heterocycles. The molecule has 0 aliphatic carbocycles. The first-order chi connectivity index (χ1) is 11.5. The number of carbonyl (C=O) groups excluding carboxylic acids is 3. The Morgan fingerprint density at radius 3 is 2.71 bits per heavy atom. The van der Waals surface area contributed by atoms with E-state index in [9.17, 15) is 14.4 Å². The summed E-state index contributed by atoms with van der Waals surface area (Å²) >= 11 is 2.08. The normalized spacial score (nSPS) is 15.6. The van der Waals surface area contributed by atoms with Crippen molar-refractivity contribution < 1.29 is 14.4 Å². The average molecular weight is 359 g/mol. The lowest BCUT2D eigenvalue weighted by Gasteiger charge is -1.99. The van der Waals surface area contributed by atoms with E-state index in [0.717, 1.165) is 17.4 Å². The summed E-state index contributed by atoms with van der Waals surface area (Å²) in [6.45, 7) is 2.04. The van der Waals surface area contributed by atoms with E-state index >= 15 is 0 Å². The van der Waals surface area contributed by atoms with Gasteiger partial charge in [0, 0.05) is 23.6 Å². The number of imide groups is 1. The Labute approximate surface area is 146 Å². The van der Waals surface area contributed by atoms with Crippen LogP contribution in [0.4, 0.5) is 9.93 Å². The molecule has 1 saturated heterocycles. The SMILES string of the molecule is Cc1ccc(Cc2cnc(NC(=O)C=C3SC(=O)NC3=O)s2)cc1. The van der Waals surface area contributed by atoms with Crippen LogP contribution in [0.3, 0.4) is 0 Å². The number of nitrogens with zero attached hydrogens (tertiary/aromatic N) is 1. The minimum absolute atomic E-state index is 0.0777. The first-order valence-electron chi connectivity index (χ1n) is 7.06. The number of thioether (sulfide) groups is 1. The molecular weight excluding hydrogens is 346 g/mol. The third kappa shape index (κ3) is 4.09. The summed E-state index contributed by atoms with van der Waals surface area (Å²) in [4.78, 5) is 39.6. The number of carbonyl (C=O) groups is 3. The Hall–Kier alpha value is -2.45. The number of aromatic nitrogens is 1. The molecule has 0 radical (unpaired) electrons. The second-order valence-corrected chi connectivity index (χ2v) is 7.27. The van der Waals surface area contributed by atoms with E-state index in [2.05, 4.69) is 39.9 Å². The molecule has 0 atom stereocenters. The summed E-state index contributed by atoms with van der Waals surface area (Å²) in [6.07, 6.45) is 3.56. The zero-order valence-corrected chi connectivity index (χ0v) is 14.3. The third-order valence-corrected chi connectivity index (χ3v) is 4.91. The van der Waals surface area contributed by atoms with Gasteiger partial charge in [-0.25, -0.2) is 4.98 Å². The van der Waals surface area contributed by atoms with Crippen LogP contribution >= 0.6 is 23.1 Å². The Morgan fingerprint density at radius 2 is 2.04 bits per heavy atom. The molecule has 0 unspecified atom stereocenters. The van der Waals surface area contributed by atoms with E-state index in [0.29, 0.717) is 16.9 Å². The molecule has 3 amide bonds. The minimum atomic E-state index is -0.556. The first kappa shape index (κ1) is 16.4. The van der Waals surface area contributed by atoms with Crippen LogP contribution in [-0.2, 0) is 16.0 Å². The van der Waals surface area contributed by atoms with Crippen LogP contribution in [0, 0.1) is 6.92 Å². The second-order valence-electron chi connectivity index (χ2n) is 5.14. The Bertz CT molecular complexity index is 841. The highest BCUT2D eigenvalue weighted by atomic mass is 32.2. The van der Waals surface area contributed by atoms with Crippen molar-refractivity contribution in [2.45, 2.75) is 13.3 Å². The average Bonchev–Trinajstić information content (AvgIpc) is 3.08. The fourth-order valence-electron chi connectivity index (χ4n) is 2.04. The molecule has 1 aliphatic rings. The molecule has 3 rings (SSSR count). The molecule has 1 fully saturated rings. The molecule has 122 valence electrons. The molecule has 0 spiro atoms. The molecule has 2 aromatic rings. The van der Waals surface area contributed by atoms with Crippen molar-refractivity contribution in [3.63, 3.8) is 0 Å². The fourth-order valence-corrected chi connectivity index (χ4v) is 3.54. The molecule has 8 heteroatoms. The van der Waals surface area contributed by atoms with E-state index in [4.69, 9.17) is 0 Å². The van der Waals surface area contributed by atoms with Crippen molar-refractivity contribution in [2.75, 3.05) is 5.32 Å². The fraction of sp³-hybridized carbons (Fsp3) is 0.125. The van der Waals surface area contributed by atoms with Crippen LogP contribution in [0.15, 0.2) is 41.4 Å². The van der Waals surface area contributed by atoms with Gasteiger partial charge in [0.15, 0.2) is 5.13 Å². The van der Waals surface area contributed by atoms with Crippen LogP contribution in [0.25, 0.3) is 0 Å². The number of benzene rings is 1. The molecule has 0 saturated carbocycles. The molecule has 1 aromatic carbocycles. The molecule has 2 N–H and O–H groups in total. The largest absolute Gasteiger partial charge is 0.298 e. The number of rotatable bonds is 4. The van der Waals surface area contributed by atoms with E-state index in [-0.39, 0.29) is 4.91 Å². The van der Waals surface area contributed by atoms with Gasteiger partial charge >= 0.3 is 0 Å². The first-order valence-corrected chi connectivity index (χ1v) is 8.69. The van der Waals surface area contributed by atoms with Crippen molar-refractivity contribution in [1.29, 1.82) is 0 Å². The van der Waals surface area contributed by atoms with Crippen molar-refractivity contribution in [3.05, 3.63) is 57.4 Å². The van der Waals surface area contributed by atoms with Crippen LogP contribution in [0.1, 0.15) is 16.0 Å². The molecule has 24 heavy (non-hydrogen) atoms. The molecular formula is C16H13N3O3S2. The van der Waals surface area contributed by atoms with Gasteiger partial charge in [-0.15, -0.1) is 11.3 Å². The number of nitrogens with one attached hydrogen (secondary N) is 2. The van der Waals surface area contributed by atoms with Crippen molar-refractivity contribution in [3.8, 4) is 0 Å². The van der Waals surface area contributed by atoms with Gasteiger partial charge in [0.2, 0.25) is 0 Å². The van der Waals surface area contributed by atoms with E-state index in [1.54, 1.807) is 6.20 Å². The summed E-state index contributed by atoms with van der Waals surface area (Å²) in [5.74, 6) is -1.04. The number of aryl methyl sites for hydroxylation is 1. The number of hydrogen-bond donors (Lipinski definition) is 2. The topological polar surface area (TPSA) is 88.2 Å². The molecule has 0 bridgehead atoms. The van der Waals surface area contributed by atoms with Gasteiger partial charge in [0.25, 0.3) is 17.1 Å². The predicted molar refractivity (Wildman–Crippen MR) is 93.9 cm³/mol. The molecule has 1 aliphatic heterocycles. The molecule has 2 heterocycles. The lowest BCUT2D eigenvalue weighted by Crippen LogP contribution is -2.18. The molecule has 6 nitrogen and oxygen atoms in total. The lowest BCUT2D eigenvalue weighted by molar-refractivity contribution is -0.116. The zero-order chi connectivity index (χ0) is 17.1. The number of thiazole rings is 1. The summed E-state index contributed by atoms with van der Waals surface area (Å²) < 4.78 is 0. The Kier molecular flexibility index (Phi) is 4.77. The minimum Gasteiger partial charge on any atom is -0.298 e. The summed E-state index contributed by atoms with van der Waals surface area (Å²) in [5.41, 5.74) is 2.37. The van der Waals surface area contributed by atoms with Gasteiger partial charge in [-0.1, -0.05) is 29.8 Å². The van der Waals surface area contributed by atoms with Gasteiger partial charge < -0.3 is 0 Å². The van der Waals surface area contributed by atoms with Crippen molar-refractivity contribution in [2.24, 2.45) is 0 Å². The quantitative estimate of drug-likeness (QED) is 0.820. The maximum Gasteiger partial charge on any atom is 0.290 e. The summed E-state index contributed by atoms with van der Waals surface area (Å²) in [6, 6.07) is 8.23. The maximum absolute atomic E-state index is 11.9. The van der Waals surface area contributed by atoms with Gasteiger partial charge in [-0.3, -0.25) is 25.0 Å². The van der Waals surface area contributed by atoms with Gasteiger partial charge in [-0.2, -0.15) is 0 Å². The highest BCUT2D eigenvalue weighted by Crippen LogP contribution is 2.24. The van der Waals surface area contributed by atoms with Crippen molar-refractivity contribution in [1.82, 2.24) is 10.3 Å². The van der Waals surface area contributed by atoms with E-state index < -0.39 is 17.1 Å². The van der Waals surface area contributed by atoms with Gasteiger partial charge in [0.1, 0.15) is 0 Å². The number of amides is 3. The Morgan fingerprint density at radius 1 is 1.29 bits per heavy atom. The lowest BCUT2D eigenvalue weighted by atomic mass is 10.1. The maximum atomic E-state index is 11.9. The highest BCUT2D eigenvalue weighted by molar-refractivity contribution is 8.18. The predicted octanol–water partition coefficient (Wildman–Crippen LogP) is 2.85. The van der Waals surface area contributed by atoms with Crippen molar-refractivity contribution >= 4 is 45.3 Å². The van der Waals surface area contributed by atoms with Crippen LogP contribution in [0.2, 0.25) is 0 Å². The van der Waals surface area contributed by atoms with Crippen LogP contribution in [-0.4, -0.2) is 22.0 Å². The van der Waals surface area contributed by atoms with Gasteiger partial charge in [0.05, 0.1) is 4.91 Å². The smallest absolute Gasteiger partial charge is 0.290 e. The third-order valence-electron chi connectivity index (χ3n) is 3.19. The van der Waals surface area contributed by atoms with E-state index in [1.165, 1.54) is 22.5 Å². The number of hydrogen-bond acceptors (Lipinski definition) is 6. The Balaban J connectivity index is 1.62. The standard InChI is InChI=1S/C16H13N3O3S2/c1-9-2-4-10(5-3-9)6-11-8-17-15(23-11)18-13(20)7-12-14(21)19-16(22)24-12/h2-5,7-8H,6H2,1H3,(H,17,18,20)(H,19,21,22). The monoisotopic (exact) mass is 359 g/mol. The van der Waals surface area contributed by atoms with Crippen LogP contribution < -0.4 is 10.6 Å². The van der Waals surface area contributed by atoms with Gasteiger partial charge in [-0.05, 0) is 24.2 Å². The zero-order valence-electron chi connectivity index (χ0n) is 12.7. The van der Waals surface area contributed by atoms with Crippen LogP contribution in [0.5, 0.6) is 0 Å². The number of anilines is 1. The van der Waals surface area contributed by atoms with E-state index in [1.807, 2.05) is 6.92 Å².